The van der Waals surface area contributed by atoms with Crippen LogP contribution in [0.1, 0.15) is 47.0 Å². The maximum absolute atomic E-state index is 11.6. The van der Waals surface area contributed by atoms with Crippen LogP contribution in [0.3, 0.4) is 0 Å². The van der Waals surface area contributed by atoms with Crippen molar-refractivity contribution in [2.24, 2.45) is 11.8 Å². The number of hydrogen-bond acceptors (Lipinski definition) is 5. The van der Waals surface area contributed by atoms with E-state index in [1.807, 2.05) is 28.1 Å². The highest BCUT2D eigenvalue weighted by Gasteiger charge is 2.26. The van der Waals surface area contributed by atoms with Crippen LogP contribution in [0.25, 0.3) is 0 Å². The lowest BCUT2D eigenvalue weighted by molar-refractivity contribution is -0.873. The summed E-state index contributed by atoms with van der Waals surface area (Å²) in [6.07, 6.45) is 0.584. The number of esters is 1. The van der Waals surface area contributed by atoms with Crippen LogP contribution in [0, 0.1) is 11.8 Å². The van der Waals surface area contributed by atoms with Gasteiger partial charge in [0, 0.05) is 5.92 Å². The summed E-state index contributed by atoms with van der Waals surface area (Å²) in [6, 6.07) is 0. The fraction of sp³-hybridized carbons (Fsp3) is 0.778. The average molecular weight is 376 g/mol. The first-order valence-corrected chi connectivity index (χ1v) is 8.74. The average Bonchev–Trinajstić information content (AvgIpc) is 2.50. The number of likely N-dealkylation sites (N-methyl/N-ethyl adjacent to an activating group) is 1. The molecule has 152 valence electrons. The molecule has 0 amide bonds. The molecule has 0 aliphatic rings. The van der Waals surface area contributed by atoms with Gasteiger partial charge >= 0.3 is 17.9 Å². The summed E-state index contributed by atoms with van der Waals surface area (Å²) in [5.74, 6) is -3.81. The van der Waals surface area contributed by atoms with E-state index in [0.29, 0.717) is 23.9 Å². The maximum atomic E-state index is 11.6. The van der Waals surface area contributed by atoms with Gasteiger partial charge in [-0.05, 0) is 12.8 Å². The van der Waals surface area contributed by atoms with Crippen molar-refractivity contribution >= 4 is 23.7 Å². The second kappa shape index (κ2) is 12.4. The SMILES string of the molecule is CCC(C)C(=O)C(=O)O.CCC(C)C(=O)OC(CC(=O)O)C[N+](C)(C)C. The van der Waals surface area contributed by atoms with E-state index < -0.39 is 23.8 Å². The third-order valence-electron chi connectivity index (χ3n) is 3.72. The molecule has 2 N–H and O–H groups in total. The molecule has 3 atom stereocenters. The van der Waals surface area contributed by atoms with Crippen LogP contribution < -0.4 is 0 Å². The normalized spacial score (nSPS) is 14.3. The van der Waals surface area contributed by atoms with Gasteiger partial charge < -0.3 is 19.4 Å². The van der Waals surface area contributed by atoms with Crippen molar-refractivity contribution in [1.82, 2.24) is 0 Å². The first-order chi connectivity index (χ1) is 11.7. The van der Waals surface area contributed by atoms with Crippen LogP contribution in [0.2, 0.25) is 0 Å². The Balaban J connectivity index is 0. The molecule has 26 heavy (non-hydrogen) atoms. The van der Waals surface area contributed by atoms with Gasteiger partial charge in [-0.2, -0.15) is 0 Å². The number of carboxylic acids is 2. The van der Waals surface area contributed by atoms with Crippen LogP contribution in [0.15, 0.2) is 0 Å². The smallest absolute Gasteiger partial charge is 0.372 e. The molecule has 0 aromatic rings. The zero-order chi connectivity index (χ0) is 21.1. The van der Waals surface area contributed by atoms with Crippen LogP contribution in [0.5, 0.6) is 0 Å². The van der Waals surface area contributed by atoms with Gasteiger partial charge in [0.1, 0.15) is 6.54 Å². The molecule has 8 nitrogen and oxygen atoms in total. The second-order valence-corrected chi connectivity index (χ2v) is 7.42. The highest BCUT2D eigenvalue weighted by Crippen LogP contribution is 2.10. The number of Topliss-reactive ketones (excluding diaryl/α,β-unsaturated/α-hetero) is 1. The molecule has 8 heteroatoms. The van der Waals surface area contributed by atoms with E-state index in [-0.39, 0.29) is 24.2 Å². The molecular formula is C18H34NO7+. The molecule has 0 fully saturated rings. The van der Waals surface area contributed by atoms with E-state index >= 15 is 0 Å². The molecule has 0 aliphatic heterocycles. The maximum Gasteiger partial charge on any atom is 0.372 e. The van der Waals surface area contributed by atoms with Gasteiger partial charge in [0.25, 0.3) is 0 Å². The first kappa shape index (κ1) is 26.3. The monoisotopic (exact) mass is 376 g/mol. The molecule has 0 rings (SSSR count). The van der Waals surface area contributed by atoms with Gasteiger partial charge in [-0.25, -0.2) is 4.79 Å². The third kappa shape index (κ3) is 13.3. The largest absolute Gasteiger partial charge is 0.481 e. The highest BCUT2D eigenvalue weighted by molar-refractivity contribution is 6.33. The predicted octanol–water partition coefficient (Wildman–Crippen LogP) is 1.81. The van der Waals surface area contributed by atoms with Gasteiger partial charge in [0.2, 0.25) is 5.78 Å². The van der Waals surface area contributed by atoms with Gasteiger partial charge in [0.15, 0.2) is 6.10 Å². The summed E-state index contributed by atoms with van der Waals surface area (Å²) in [4.78, 5) is 42.8. The molecule has 0 aromatic heterocycles. The van der Waals surface area contributed by atoms with E-state index in [2.05, 4.69) is 0 Å². The minimum atomic E-state index is -1.33. The van der Waals surface area contributed by atoms with Crippen molar-refractivity contribution in [3.63, 3.8) is 0 Å². The Labute approximate surface area is 155 Å². The van der Waals surface area contributed by atoms with Crippen LogP contribution in [0.4, 0.5) is 0 Å². The topological polar surface area (TPSA) is 118 Å². The summed E-state index contributed by atoms with van der Waals surface area (Å²) in [7, 11) is 5.81. The molecule has 0 radical (unpaired) electrons. The number of ketones is 1. The van der Waals surface area contributed by atoms with Gasteiger partial charge in [0.05, 0.1) is 33.5 Å². The quantitative estimate of drug-likeness (QED) is 0.339. The van der Waals surface area contributed by atoms with Crippen molar-refractivity contribution < 1.29 is 38.6 Å². The Morgan fingerprint density at radius 1 is 0.923 bits per heavy atom. The summed E-state index contributed by atoms with van der Waals surface area (Å²) >= 11 is 0. The minimum Gasteiger partial charge on any atom is -0.481 e. The molecule has 3 unspecified atom stereocenters. The zero-order valence-corrected chi connectivity index (χ0v) is 16.9. The van der Waals surface area contributed by atoms with E-state index in [9.17, 15) is 19.2 Å². The van der Waals surface area contributed by atoms with Crippen molar-refractivity contribution in [1.29, 1.82) is 0 Å². The Morgan fingerprint density at radius 2 is 1.38 bits per heavy atom. The van der Waals surface area contributed by atoms with E-state index in [0.717, 1.165) is 0 Å². The molecule has 0 spiro atoms. The van der Waals surface area contributed by atoms with Crippen LogP contribution in [-0.2, 0) is 23.9 Å². The number of nitrogens with zero attached hydrogens (tertiary/aromatic N) is 1. The second-order valence-electron chi connectivity index (χ2n) is 7.42. The van der Waals surface area contributed by atoms with E-state index in [4.69, 9.17) is 14.9 Å². The standard InChI is InChI=1S/C12H23NO4.C6H10O3/c1-6-9(2)12(16)17-10(7-11(14)15)8-13(3,4)5;1-3-4(2)5(7)6(8)9/h9-10H,6-8H2,1-5H3;4H,3H2,1-2H3,(H,8,9)/p+1. The van der Waals surface area contributed by atoms with Crippen molar-refractivity contribution in [2.45, 2.75) is 53.1 Å². The lowest BCUT2D eigenvalue weighted by Crippen LogP contribution is -2.44. The summed E-state index contributed by atoms with van der Waals surface area (Å²) in [5.41, 5.74) is 0. The molecule has 0 aromatic carbocycles. The van der Waals surface area contributed by atoms with Gasteiger partial charge in [-0.15, -0.1) is 0 Å². The fourth-order valence-corrected chi connectivity index (χ4v) is 1.79. The number of quaternary nitrogens is 1. The number of carbonyl (C=O) groups is 4. The Kier molecular flexibility index (Phi) is 12.5. The number of rotatable bonds is 10. The highest BCUT2D eigenvalue weighted by atomic mass is 16.5. The lowest BCUT2D eigenvalue weighted by Gasteiger charge is -2.28. The van der Waals surface area contributed by atoms with Gasteiger partial charge in [-0.3, -0.25) is 14.4 Å². The van der Waals surface area contributed by atoms with E-state index in [1.54, 1.807) is 20.8 Å². The first-order valence-electron chi connectivity index (χ1n) is 8.74. The number of ether oxygens (including phenoxy) is 1. The molecule has 0 saturated heterocycles. The number of carboxylic acid groups (broad SMARTS) is 2. The molecule has 0 saturated carbocycles. The zero-order valence-electron chi connectivity index (χ0n) is 16.9. The molecule has 0 aliphatic carbocycles. The molecule has 0 heterocycles. The lowest BCUT2D eigenvalue weighted by atomic mass is 10.0. The van der Waals surface area contributed by atoms with Crippen LogP contribution >= 0.6 is 0 Å². The van der Waals surface area contributed by atoms with Crippen molar-refractivity contribution in [3.8, 4) is 0 Å². The van der Waals surface area contributed by atoms with Crippen LogP contribution in [-0.4, -0.2) is 72.2 Å². The van der Waals surface area contributed by atoms with E-state index in [1.165, 1.54) is 0 Å². The van der Waals surface area contributed by atoms with Crippen molar-refractivity contribution in [2.75, 3.05) is 27.7 Å². The minimum absolute atomic E-state index is 0.141. The van der Waals surface area contributed by atoms with Crippen molar-refractivity contribution in [3.05, 3.63) is 0 Å². The van der Waals surface area contributed by atoms with Gasteiger partial charge in [-0.1, -0.05) is 27.7 Å². The number of hydrogen-bond donors (Lipinski definition) is 2. The number of carbonyl (C=O) groups excluding carboxylic acids is 2. The third-order valence-corrected chi connectivity index (χ3v) is 3.72. The molecular weight excluding hydrogens is 342 g/mol. The predicted molar refractivity (Wildman–Crippen MR) is 96.6 cm³/mol. The Morgan fingerprint density at radius 3 is 1.65 bits per heavy atom. The summed E-state index contributed by atoms with van der Waals surface area (Å²) < 4.78 is 5.82. The summed E-state index contributed by atoms with van der Waals surface area (Å²) in [6.45, 7) is 7.57. The Hall–Kier alpha value is -1.96. The fourth-order valence-electron chi connectivity index (χ4n) is 1.79. The molecule has 0 bridgehead atoms. The summed E-state index contributed by atoms with van der Waals surface area (Å²) in [5, 5.41) is 16.9. The number of aliphatic carboxylic acids is 2. The Bertz CT molecular complexity index is 482.